The minimum Gasteiger partial charge on any atom is -0.480 e. The van der Waals surface area contributed by atoms with Gasteiger partial charge in [-0.25, -0.2) is 13.4 Å². The first-order valence-electron chi connectivity index (χ1n) is 6.08. The van der Waals surface area contributed by atoms with E-state index in [9.17, 15) is 13.2 Å². The molecule has 0 fully saturated rings. The van der Waals surface area contributed by atoms with Gasteiger partial charge in [-0.3, -0.25) is 4.79 Å². The van der Waals surface area contributed by atoms with Crippen LogP contribution in [0, 0.1) is 5.92 Å². The van der Waals surface area contributed by atoms with Crippen LogP contribution < -0.4 is 4.72 Å². The van der Waals surface area contributed by atoms with Gasteiger partial charge in [-0.2, -0.15) is 4.72 Å². The van der Waals surface area contributed by atoms with Gasteiger partial charge in [-0.15, -0.1) is 0 Å². The summed E-state index contributed by atoms with van der Waals surface area (Å²) < 4.78 is 27.9. The highest BCUT2D eigenvalue weighted by Gasteiger charge is 2.30. The molecule has 19 heavy (non-hydrogen) atoms. The summed E-state index contributed by atoms with van der Waals surface area (Å²) in [5.41, 5.74) is 0. The van der Waals surface area contributed by atoms with Gasteiger partial charge >= 0.3 is 5.97 Å². The van der Waals surface area contributed by atoms with Crippen LogP contribution in [-0.4, -0.2) is 35.1 Å². The topological polar surface area (TPSA) is 101 Å². The Morgan fingerprint density at radius 1 is 1.53 bits per heavy atom. The monoisotopic (exact) mass is 289 g/mol. The van der Waals surface area contributed by atoms with Crippen LogP contribution in [0.5, 0.6) is 0 Å². The lowest BCUT2D eigenvalue weighted by atomic mass is 10.0. The number of rotatable bonds is 7. The molecule has 1 aromatic rings. The fourth-order valence-electron chi connectivity index (χ4n) is 1.52. The molecule has 0 aliphatic rings. The predicted molar refractivity (Wildman–Crippen MR) is 69.1 cm³/mol. The Hall–Kier alpha value is -1.41. The van der Waals surface area contributed by atoms with E-state index in [2.05, 4.69) is 9.71 Å². The average molecular weight is 289 g/mol. The SMILES string of the molecule is CCC(C)[C@H](NS(=O)(=O)c1cn(CC)cn1)C(=O)O. The van der Waals surface area contributed by atoms with Crippen LogP contribution in [0.1, 0.15) is 27.2 Å². The first-order valence-corrected chi connectivity index (χ1v) is 7.57. The molecule has 1 unspecified atom stereocenters. The molecule has 0 saturated carbocycles. The molecule has 0 amide bonds. The second-order valence-electron chi connectivity index (χ2n) is 4.37. The molecule has 0 radical (unpaired) electrons. The van der Waals surface area contributed by atoms with Crippen molar-refractivity contribution >= 4 is 16.0 Å². The molecule has 108 valence electrons. The van der Waals surface area contributed by atoms with Gasteiger partial charge in [0.05, 0.1) is 6.33 Å². The van der Waals surface area contributed by atoms with E-state index in [1.807, 2.05) is 6.92 Å². The van der Waals surface area contributed by atoms with Crippen molar-refractivity contribution in [3.05, 3.63) is 12.5 Å². The number of hydrogen-bond acceptors (Lipinski definition) is 4. The van der Waals surface area contributed by atoms with E-state index < -0.39 is 22.0 Å². The summed E-state index contributed by atoms with van der Waals surface area (Å²) in [6.07, 6.45) is 3.33. The Morgan fingerprint density at radius 3 is 2.58 bits per heavy atom. The van der Waals surface area contributed by atoms with Crippen molar-refractivity contribution in [2.45, 2.75) is 44.8 Å². The van der Waals surface area contributed by atoms with Gasteiger partial charge in [-0.05, 0) is 12.8 Å². The number of aromatic nitrogens is 2. The lowest BCUT2D eigenvalue weighted by Crippen LogP contribution is -2.45. The maximum atomic E-state index is 12.0. The van der Waals surface area contributed by atoms with Gasteiger partial charge in [0.25, 0.3) is 10.0 Å². The summed E-state index contributed by atoms with van der Waals surface area (Å²) in [5.74, 6) is -1.49. The third-order valence-electron chi connectivity index (χ3n) is 3.01. The highest BCUT2D eigenvalue weighted by atomic mass is 32.2. The van der Waals surface area contributed by atoms with Crippen molar-refractivity contribution in [3.63, 3.8) is 0 Å². The minimum absolute atomic E-state index is 0.163. The van der Waals surface area contributed by atoms with Crippen molar-refractivity contribution in [1.82, 2.24) is 14.3 Å². The summed E-state index contributed by atoms with van der Waals surface area (Å²) in [7, 11) is -3.91. The Labute approximate surface area is 112 Å². The fourth-order valence-corrected chi connectivity index (χ4v) is 2.77. The zero-order chi connectivity index (χ0) is 14.6. The van der Waals surface area contributed by atoms with E-state index in [1.165, 1.54) is 12.5 Å². The zero-order valence-corrected chi connectivity index (χ0v) is 12.0. The Bertz CT molecular complexity index is 538. The van der Waals surface area contributed by atoms with E-state index in [-0.39, 0.29) is 10.9 Å². The third-order valence-corrected chi connectivity index (χ3v) is 4.34. The Kier molecular flexibility index (Phi) is 5.07. The normalized spacial score (nSPS) is 15.1. The number of aliphatic carboxylic acids is 1. The summed E-state index contributed by atoms with van der Waals surface area (Å²) in [4.78, 5) is 14.9. The number of aryl methyl sites for hydroxylation is 1. The molecule has 1 rings (SSSR count). The zero-order valence-electron chi connectivity index (χ0n) is 11.2. The van der Waals surface area contributed by atoms with E-state index >= 15 is 0 Å². The van der Waals surface area contributed by atoms with Gasteiger partial charge in [0, 0.05) is 12.7 Å². The van der Waals surface area contributed by atoms with Gasteiger partial charge in [0.2, 0.25) is 0 Å². The maximum absolute atomic E-state index is 12.0. The summed E-state index contributed by atoms with van der Waals surface area (Å²) in [5, 5.41) is 8.92. The summed E-state index contributed by atoms with van der Waals surface area (Å²) in [6, 6.07) is -1.15. The van der Waals surface area contributed by atoms with Crippen LogP contribution in [-0.2, 0) is 21.4 Å². The number of imidazole rings is 1. The number of nitrogens with one attached hydrogen (secondary N) is 1. The number of carbonyl (C=O) groups is 1. The van der Waals surface area contributed by atoms with Gasteiger partial charge in [0.1, 0.15) is 6.04 Å². The van der Waals surface area contributed by atoms with Crippen molar-refractivity contribution in [3.8, 4) is 0 Å². The molecule has 0 bridgehead atoms. The van der Waals surface area contributed by atoms with E-state index in [1.54, 1.807) is 18.4 Å². The van der Waals surface area contributed by atoms with E-state index in [0.717, 1.165) is 0 Å². The van der Waals surface area contributed by atoms with Crippen LogP contribution in [0.2, 0.25) is 0 Å². The first kappa shape index (κ1) is 15.6. The Balaban J connectivity index is 2.97. The number of carboxylic acid groups (broad SMARTS) is 1. The number of nitrogens with zero attached hydrogens (tertiary/aromatic N) is 2. The second kappa shape index (κ2) is 6.16. The van der Waals surface area contributed by atoms with Crippen LogP contribution in [0.4, 0.5) is 0 Å². The first-order chi connectivity index (χ1) is 8.81. The molecule has 8 heteroatoms. The lowest BCUT2D eigenvalue weighted by Gasteiger charge is -2.19. The van der Waals surface area contributed by atoms with Crippen LogP contribution in [0.25, 0.3) is 0 Å². The van der Waals surface area contributed by atoms with Gasteiger partial charge < -0.3 is 9.67 Å². The summed E-state index contributed by atoms with van der Waals surface area (Å²) in [6.45, 7) is 5.94. The summed E-state index contributed by atoms with van der Waals surface area (Å²) >= 11 is 0. The molecule has 0 aliphatic heterocycles. The lowest BCUT2D eigenvalue weighted by molar-refractivity contribution is -0.140. The molecule has 0 saturated heterocycles. The molecule has 0 aliphatic carbocycles. The number of carboxylic acids is 1. The Morgan fingerprint density at radius 2 is 2.16 bits per heavy atom. The van der Waals surface area contributed by atoms with Gasteiger partial charge in [0.15, 0.2) is 5.03 Å². The number of sulfonamides is 1. The second-order valence-corrected chi connectivity index (χ2v) is 6.03. The van der Waals surface area contributed by atoms with Crippen LogP contribution >= 0.6 is 0 Å². The molecule has 1 heterocycles. The van der Waals surface area contributed by atoms with Crippen molar-refractivity contribution in [2.24, 2.45) is 5.92 Å². The predicted octanol–water partition coefficient (Wildman–Crippen LogP) is 0.681. The fraction of sp³-hybridized carbons (Fsp3) is 0.636. The van der Waals surface area contributed by atoms with E-state index in [0.29, 0.717) is 13.0 Å². The van der Waals surface area contributed by atoms with Crippen LogP contribution in [0.3, 0.4) is 0 Å². The van der Waals surface area contributed by atoms with Crippen molar-refractivity contribution in [2.75, 3.05) is 0 Å². The van der Waals surface area contributed by atoms with Crippen LogP contribution in [0.15, 0.2) is 17.6 Å². The molecule has 7 nitrogen and oxygen atoms in total. The molecule has 0 aromatic carbocycles. The maximum Gasteiger partial charge on any atom is 0.322 e. The highest BCUT2D eigenvalue weighted by molar-refractivity contribution is 7.89. The molecule has 0 spiro atoms. The minimum atomic E-state index is -3.91. The smallest absolute Gasteiger partial charge is 0.322 e. The third kappa shape index (κ3) is 3.77. The highest BCUT2D eigenvalue weighted by Crippen LogP contribution is 2.12. The molecule has 2 N–H and O–H groups in total. The standard InChI is InChI=1S/C11H19N3O4S/c1-4-8(3)10(11(15)16)13-19(17,18)9-6-14(5-2)7-12-9/h6-8,10,13H,4-5H2,1-3H3,(H,15,16)/t8?,10-/m0/s1. The quantitative estimate of drug-likeness (QED) is 0.768. The average Bonchev–Trinajstić information content (AvgIpc) is 2.84. The van der Waals surface area contributed by atoms with E-state index in [4.69, 9.17) is 5.11 Å². The van der Waals surface area contributed by atoms with Crippen molar-refractivity contribution in [1.29, 1.82) is 0 Å². The molecule has 1 aromatic heterocycles. The van der Waals surface area contributed by atoms with Crippen molar-refractivity contribution < 1.29 is 18.3 Å². The molecular formula is C11H19N3O4S. The number of hydrogen-bond donors (Lipinski definition) is 2. The molecular weight excluding hydrogens is 270 g/mol. The largest absolute Gasteiger partial charge is 0.480 e. The molecule has 2 atom stereocenters. The van der Waals surface area contributed by atoms with Gasteiger partial charge in [-0.1, -0.05) is 20.3 Å².